The minimum absolute atomic E-state index is 0.168. The van der Waals surface area contributed by atoms with Crippen LogP contribution >= 0.6 is 0 Å². The Bertz CT molecular complexity index is 1200. The van der Waals surface area contributed by atoms with E-state index in [1.807, 2.05) is 0 Å². The van der Waals surface area contributed by atoms with Gasteiger partial charge in [0.2, 0.25) is 0 Å². The summed E-state index contributed by atoms with van der Waals surface area (Å²) in [5.74, 6) is -1.18. The Kier molecular flexibility index (Phi) is 3.68. The fourth-order valence-corrected chi connectivity index (χ4v) is 3.68. The summed E-state index contributed by atoms with van der Waals surface area (Å²) in [6.07, 6.45) is 1.95. The molecule has 1 aliphatic heterocycles. The number of H-pyrrole nitrogens is 1. The lowest BCUT2D eigenvalue weighted by molar-refractivity contribution is 0.0734. The highest BCUT2D eigenvalue weighted by molar-refractivity contribution is 5.98. The predicted molar refractivity (Wildman–Crippen MR) is 95.8 cm³/mol. The summed E-state index contributed by atoms with van der Waals surface area (Å²) in [7, 11) is 0. The number of carbonyl (C=O) groups excluding carboxylic acids is 1. The first-order chi connectivity index (χ1) is 13.6. The summed E-state index contributed by atoms with van der Waals surface area (Å²) in [5.41, 5.74) is 3.27. The van der Waals surface area contributed by atoms with Crippen molar-refractivity contribution in [1.29, 1.82) is 0 Å². The zero-order chi connectivity index (χ0) is 19.3. The number of fused-ring (bicyclic) bond motifs is 3. The number of hydrogen-bond acceptors (Lipinski definition) is 4. The molecule has 7 nitrogen and oxygen atoms in total. The van der Waals surface area contributed by atoms with Gasteiger partial charge in [-0.25, -0.2) is 8.78 Å². The maximum absolute atomic E-state index is 13.9. The maximum Gasteiger partial charge on any atom is 0.256 e. The largest absolute Gasteiger partial charge is 0.358 e. The Morgan fingerprint density at radius 2 is 1.93 bits per heavy atom. The third kappa shape index (κ3) is 2.63. The fourth-order valence-electron chi connectivity index (χ4n) is 3.68. The molecule has 0 unspecified atom stereocenters. The molecule has 140 valence electrons. The van der Waals surface area contributed by atoms with Crippen LogP contribution in [0.15, 0.2) is 42.7 Å². The highest BCUT2D eigenvalue weighted by Gasteiger charge is 2.27. The first-order valence-corrected chi connectivity index (χ1v) is 8.71. The number of amides is 1. The number of nitrogens with one attached hydrogen (secondary N) is 1. The molecular formula is C19H14F2N6O. The molecule has 0 spiro atoms. The number of rotatable bonds is 2. The minimum Gasteiger partial charge on any atom is -0.358 e. The number of benzene rings is 2. The SMILES string of the molecule is O=C(c1cc(F)ccc1-n1cnnn1)N1CCc2[nH]c3ccc(F)cc3c2C1. The van der Waals surface area contributed by atoms with Gasteiger partial charge < -0.3 is 9.88 Å². The van der Waals surface area contributed by atoms with Crippen LogP contribution in [0.3, 0.4) is 0 Å². The van der Waals surface area contributed by atoms with Crippen LogP contribution in [0.25, 0.3) is 16.6 Å². The van der Waals surface area contributed by atoms with Gasteiger partial charge in [-0.1, -0.05) is 0 Å². The molecule has 0 aliphatic carbocycles. The third-order valence-corrected chi connectivity index (χ3v) is 5.01. The van der Waals surface area contributed by atoms with E-state index in [-0.39, 0.29) is 17.3 Å². The summed E-state index contributed by atoms with van der Waals surface area (Å²) in [6.45, 7) is 0.774. The van der Waals surface area contributed by atoms with Crippen LogP contribution in [0.5, 0.6) is 0 Å². The smallest absolute Gasteiger partial charge is 0.256 e. The first kappa shape index (κ1) is 16.5. The fraction of sp³-hybridized carbons (Fsp3) is 0.158. The van der Waals surface area contributed by atoms with E-state index in [1.165, 1.54) is 41.3 Å². The zero-order valence-corrected chi connectivity index (χ0v) is 14.6. The summed E-state index contributed by atoms with van der Waals surface area (Å²) < 4.78 is 28.9. The molecule has 3 heterocycles. The second-order valence-corrected chi connectivity index (χ2v) is 6.66. The van der Waals surface area contributed by atoms with Crippen molar-refractivity contribution in [3.8, 4) is 5.69 Å². The number of hydrogen-bond donors (Lipinski definition) is 1. The minimum atomic E-state index is -0.521. The standard InChI is InChI=1S/C19H14F2N6O/c20-11-1-3-16-13(7-11)15-9-26(6-5-17(15)23-16)19(28)14-8-12(21)2-4-18(14)27-10-22-24-25-27/h1-4,7-8,10,23H,5-6,9H2. The van der Waals surface area contributed by atoms with Crippen molar-refractivity contribution in [3.05, 3.63) is 71.2 Å². The third-order valence-electron chi connectivity index (χ3n) is 5.01. The van der Waals surface area contributed by atoms with Crippen LogP contribution in [0, 0.1) is 11.6 Å². The van der Waals surface area contributed by atoms with Gasteiger partial charge in [-0.15, -0.1) is 5.10 Å². The average Bonchev–Trinajstić information content (AvgIpc) is 3.35. The molecule has 5 rings (SSSR count). The van der Waals surface area contributed by atoms with Crippen LogP contribution in [0.1, 0.15) is 21.6 Å². The molecule has 0 radical (unpaired) electrons. The number of aromatic amines is 1. The number of carbonyl (C=O) groups is 1. The van der Waals surface area contributed by atoms with Gasteiger partial charge in [0.1, 0.15) is 18.0 Å². The van der Waals surface area contributed by atoms with Crippen molar-refractivity contribution in [2.24, 2.45) is 0 Å². The summed E-state index contributed by atoms with van der Waals surface area (Å²) in [5, 5.41) is 11.7. The lowest BCUT2D eigenvalue weighted by atomic mass is 10.0. The van der Waals surface area contributed by atoms with Crippen molar-refractivity contribution < 1.29 is 13.6 Å². The van der Waals surface area contributed by atoms with E-state index in [1.54, 1.807) is 11.0 Å². The van der Waals surface area contributed by atoms with Gasteiger partial charge >= 0.3 is 0 Å². The highest BCUT2D eigenvalue weighted by atomic mass is 19.1. The van der Waals surface area contributed by atoms with Crippen LogP contribution in [0.2, 0.25) is 0 Å². The molecule has 0 atom stereocenters. The number of aromatic nitrogens is 5. The van der Waals surface area contributed by atoms with Crippen LogP contribution in [-0.4, -0.2) is 42.5 Å². The van der Waals surface area contributed by atoms with Crippen molar-refractivity contribution >= 4 is 16.8 Å². The lowest BCUT2D eigenvalue weighted by Crippen LogP contribution is -2.36. The van der Waals surface area contributed by atoms with Crippen molar-refractivity contribution in [2.45, 2.75) is 13.0 Å². The van der Waals surface area contributed by atoms with Crippen molar-refractivity contribution in [2.75, 3.05) is 6.54 Å². The Balaban J connectivity index is 1.54. The molecule has 28 heavy (non-hydrogen) atoms. The molecule has 1 aliphatic rings. The molecule has 4 aromatic rings. The van der Waals surface area contributed by atoms with Crippen LogP contribution in [-0.2, 0) is 13.0 Å². The molecule has 1 amide bonds. The molecule has 0 fully saturated rings. The van der Waals surface area contributed by atoms with E-state index < -0.39 is 5.82 Å². The Morgan fingerprint density at radius 1 is 1.11 bits per heavy atom. The van der Waals surface area contributed by atoms with E-state index in [2.05, 4.69) is 20.5 Å². The molecule has 0 saturated heterocycles. The van der Waals surface area contributed by atoms with E-state index in [4.69, 9.17) is 0 Å². The molecular weight excluding hydrogens is 366 g/mol. The number of tetrazole rings is 1. The normalized spacial score (nSPS) is 13.7. The maximum atomic E-state index is 13.9. The number of nitrogens with zero attached hydrogens (tertiary/aromatic N) is 5. The molecule has 2 aromatic carbocycles. The van der Waals surface area contributed by atoms with Crippen molar-refractivity contribution in [3.63, 3.8) is 0 Å². The topological polar surface area (TPSA) is 79.7 Å². The zero-order valence-electron chi connectivity index (χ0n) is 14.6. The van der Waals surface area contributed by atoms with E-state index in [0.29, 0.717) is 25.2 Å². The molecule has 0 bridgehead atoms. The van der Waals surface area contributed by atoms with E-state index >= 15 is 0 Å². The van der Waals surface area contributed by atoms with Gasteiger partial charge in [0.05, 0.1) is 11.3 Å². The van der Waals surface area contributed by atoms with Gasteiger partial charge in [0.15, 0.2) is 0 Å². The Hall–Kier alpha value is -3.62. The molecule has 1 N–H and O–H groups in total. The Morgan fingerprint density at radius 3 is 2.75 bits per heavy atom. The second kappa shape index (κ2) is 6.22. The first-order valence-electron chi connectivity index (χ1n) is 8.71. The number of halogens is 2. The average molecular weight is 380 g/mol. The lowest BCUT2D eigenvalue weighted by Gasteiger charge is -2.28. The molecule has 9 heteroatoms. The molecule has 2 aromatic heterocycles. The van der Waals surface area contributed by atoms with Crippen LogP contribution < -0.4 is 0 Å². The van der Waals surface area contributed by atoms with Gasteiger partial charge in [-0.3, -0.25) is 4.79 Å². The Labute approximate surface area is 157 Å². The van der Waals surface area contributed by atoms with Gasteiger partial charge in [-0.2, -0.15) is 4.68 Å². The van der Waals surface area contributed by atoms with Crippen molar-refractivity contribution in [1.82, 2.24) is 30.1 Å². The highest BCUT2D eigenvalue weighted by Crippen LogP contribution is 2.29. The summed E-state index contributed by atoms with van der Waals surface area (Å²) in [4.78, 5) is 18.1. The van der Waals surface area contributed by atoms with Gasteiger partial charge in [0, 0.05) is 41.7 Å². The van der Waals surface area contributed by atoms with Gasteiger partial charge in [0.25, 0.3) is 5.91 Å². The monoisotopic (exact) mass is 380 g/mol. The molecule has 0 saturated carbocycles. The second-order valence-electron chi connectivity index (χ2n) is 6.66. The van der Waals surface area contributed by atoms with Crippen LogP contribution in [0.4, 0.5) is 8.78 Å². The predicted octanol–water partition coefficient (Wildman–Crippen LogP) is 2.62. The quantitative estimate of drug-likeness (QED) is 0.580. The summed E-state index contributed by atoms with van der Waals surface area (Å²) in [6, 6.07) is 8.47. The van der Waals surface area contributed by atoms with E-state index in [0.717, 1.165) is 22.2 Å². The van der Waals surface area contributed by atoms with Gasteiger partial charge in [-0.05, 0) is 46.8 Å². The summed E-state index contributed by atoms with van der Waals surface area (Å²) >= 11 is 0. The van der Waals surface area contributed by atoms with E-state index in [9.17, 15) is 13.6 Å².